The van der Waals surface area contributed by atoms with Crippen LogP contribution in [0.15, 0.2) is 48.7 Å². The lowest BCUT2D eigenvalue weighted by molar-refractivity contribution is 0.0696. The van der Waals surface area contributed by atoms with Crippen molar-refractivity contribution < 1.29 is 9.90 Å². The van der Waals surface area contributed by atoms with Gasteiger partial charge in [-0.1, -0.05) is 37.6 Å². The summed E-state index contributed by atoms with van der Waals surface area (Å²) in [5.41, 5.74) is 5.35. The third-order valence-corrected chi connectivity index (χ3v) is 5.64. The highest BCUT2D eigenvalue weighted by Crippen LogP contribution is 2.38. The fourth-order valence-corrected chi connectivity index (χ4v) is 4.23. The number of para-hydroxylation sites is 1. The second kappa shape index (κ2) is 6.96. The van der Waals surface area contributed by atoms with Crippen LogP contribution >= 0.6 is 0 Å². The molecule has 1 aliphatic rings. The topological polar surface area (TPSA) is 65.1 Å². The Hall–Kier alpha value is -2.59. The number of aromatic amines is 1. The van der Waals surface area contributed by atoms with Crippen LogP contribution in [0.4, 0.5) is 0 Å². The fraction of sp³-hybridized carbons (Fsp3) is 0.318. The summed E-state index contributed by atoms with van der Waals surface area (Å²) >= 11 is 0. The zero-order valence-electron chi connectivity index (χ0n) is 15.0. The number of nitrogens with one attached hydrogen (secondary N) is 2. The Balaban J connectivity index is 1.48. The number of benzene rings is 2. The monoisotopic (exact) mass is 348 g/mol. The van der Waals surface area contributed by atoms with Crippen LogP contribution in [0.25, 0.3) is 10.9 Å². The predicted molar refractivity (Wildman–Crippen MR) is 104 cm³/mol. The summed E-state index contributed by atoms with van der Waals surface area (Å²) < 4.78 is 0. The quantitative estimate of drug-likeness (QED) is 0.621. The van der Waals surface area contributed by atoms with E-state index in [2.05, 4.69) is 41.6 Å². The smallest absolute Gasteiger partial charge is 0.335 e. The summed E-state index contributed by atoms with van der Waals surface area (Å²) in [6, 6.07) is 14.3. The molecule has 0 radical (unpaired) electrons. The molecule has 2 atom stereocenters. The maximum atomic E-state index is 11.2. The predicted octanol–water partition coefficient (Wildman–Crippen LogP) is 4.32. The molecule has 2 unspecified atom stereocenters. The molecule has 4 rings (SSSR count). The van der Waals surface area contributed by atoms with Gasteiger partial charge in [-0.3, -0.25) is 0 Å². The molecule has 2 aromatic carbocycles. The van der Waals surface area contributed by atoms with Crippen molar-refractivity contribution in [2.24, 2.45) is 5.92 Å². The van der Waals surface area contributed by atoms with Gasteiger partial charge < -0.3 is 15.4 Å². The minimum absolute atomic E-state index is 0.308. The molecule has 3 N–H and O–H groups in total. The lowest BCUT2D eigenvalue weighted by Crippen LogP contribution is -2.27. The van der Waals surface area contributed by atoms with Crippen LogP contribution in [0.1, 0.15) is 46.4 Å². The largest absolute Gasteiger partial charge is 0.478 e. The average Bonchev–Trinajstić information content (AvgIpc) is 3.22. The summed E-state index contributed by atoms with van der Waals surface area (Å²) in [5, 5.41) is 14.2. The van der Waals surface area contributed by atoms with E-state index in [0.717, 1.165) is 25.8 Å². The van der Waals surface area contributed by atoms with Gasteiger partial charge in [-0.25, -0.2) is 4.79 Å². The van der Waals surface area contributed by atoms with Crippen LogP contribution in [0.5, 0.6) is 0 Å². The minimum atomic E-state index is -0.850. The van der Waals surface area contributed by atoms with Gasteiger partial charge in [0.15, 0.2) is 0 Å². The first-order chi connectivity index (χ1) is 12.7. The molecule has 26 heavy (non-hydrogen) atoms. The molecular formula is C22H24N2O2. The van der Waals surface area contributed by atoms with Gasteiger partial charge in [-0.05, 0) is 60.2 Å². The van der Waals surface area contributed by atoms with Crippen LogP contribution in [0.2, 0.25) is 0 Å². The van der Waals surface area contributed by atoms with Gasteiger partial charge in [-0.15, -0.1) is 0 Å². The average molecular weight is 348 g/mol. The molecule has 0 amide bonds. The Morgan fingerprint density at radius 3 is 2.92 bits per heavy atom. The molecule has 0 saturated carbocycles. The zero-order valence-corrected chi connectivity index (χ0v) is 15.0. The second-order valence-corrected chi connectivity index (χ2v) is 7.13. The van der Waals surface area contributed by atoms with Gasteiger partial charge in [0.05, 0.1) is 5.56 Å². The van der Waals surface area contributed by atoms with E-state index < -0.39 is 5.97 Å². The number of carbonyl (C=O) groups is 1. The lowest BCUT2D eigenvalue weighted by atomic mass is 9.97. The highest BCUT2D eigenvalue weighted by molar-refractivity contribution is 5.88. The molecule has 0 bridgehead atoms. The van der Waals surface area contributed by atoms with Crippen molar-refractivity contribution in [2.75, 3.05) is 6.54 Å². The number of aromatic nitrogens is 1. The zero-order chi connectivity index (χ0) is 18.1. The van der Waals surface area contributed by atoms with E-state index in [1.165, 1.54) is 27.6 Å². The normalized spacial score (nSPS) is 19.0. The molecule has 0 saturated heterocycles. The molecule has 1 aliphatic carbocycles. The van der Waals surface area contributed by atoms with Crippen LogP contribution in [-0.2, 0) is 12.8 Å². The van der Waals surface area contributed by atoms with Gasteiger partial charge in [0, 0.05) is 23.1 Å². The van der Waals surface area contributed by atoms with Gasteiger partial charge in [0.25, 0.3) is 0 Å². The molecule has 0 aliphatic heterocycles. The van der Waals surface area contributed by atoms with Gasteiger partial charge in [0.1, 0.15) is 0 Å². The molecular weight excluding hydrogens is 324 g/mol. The number of hydrogen-bond acceptors (Lipinski definition) is 2. The Labute approximate surface area is 153 Å². The van der Waals surface area contributed by atoms with Crippen molar-refractivity contribution >= 4 is 16.9 Å². The molecule has 0 spiro atoms. The molecule has 0 fully saturated rings. The van der Waals surface area contributed by atoms with Crippen LogP contribution in [-0.4, -0.2) is 22.6 Å². The SMILES string of the molecule is CCC1Cc2cc(C(=O)O)ccc2C1NCCc1c[nH]c2ccccc12. The fourth-order valence-electron chi connectivity index (χ4n) is 4.23. The van der Waals surface area contributed by atoms with Gasteiger partial charge >= 0.3 is 5.97 Å². The second-order valence-electron chi connectivity index (χ2n) is 7.13. The third-order valence-electron chi connectivity index (χ3n) is 5.64. The summed E-state index contributed by atoms with van der Waals surface area (Å²) in [6.45, 7) is 3.12. The molecule has 134 valence electrons. The number of fused-ring (bicyclic) bond motifs is 2. The van der Waals surface area contributed by atoms with Crippen molar-refractivity contribution in [1.29, 1.82) is 0 Å². The van der Waals surface area contributed by atoms with E-state index in [9.17, 15) is 9.90 Å². The first-order valence-corrected chi connectivity index (χ1v) is 9.32. The lowest BCUT2D eigenvalue weighted by Gasteiger charge is -2.21. The number of carboxylic acid groups (broad SMARTS) is 1. The van der Waals surface area contributed by atoms with Gasteiger partial charge in [0.2, 0.25) is 0 Å². The van der Waals surface area contributed by atoms with Crippen molar-refractivity contribution in [2.45, 2.75) is 32.2 Å². The summed E-state index contributed by atoms with van der Waals surface area (Å²) in [6.07, 6.45) is 5.12. The summed E-state index contributed by atoms with van der Waals surface area (Å²) in [4.78, 5) is 14.6. The van der Waals surface area contributed by atoms with E-state index in [4.69, 9.17) is 0 Å². The number of rotatable bonds is 6. The molecule has 1 aromatic heterocycles. The molecule has 4 nitrogen and oxygen atoms in total. The van der Waals surface area contributed by atoms with E-state index >= 15 is 0 Å². The highest BCUT2D eigenvalue weighted by atomic mass is 16.4. The van der Waals surface area contributed by atoms with Crippen molar-refractivity contribution in [3.63, 3.8) is 0 Å². The van der Waals surface area contributed by atoms with Crippen LogP contribution in [0, 0.1) is 5.92 Å². The van der Waals surface area contributed by atoms with Crippen molar-refractivity contribution in [1.82, 2.24) is 10.3 Å². The van der Waals surface area contributed by atoms with E-state index in [-0.39, 0.29) is 0 Å². The minimum Gasteiger partial charge on any atom is -0.478 e. The van der Waals surface area contributed by atoms with E-state index in [0.29, 0.717) is 17.5 Å². The van der Waals surface area contributed by atoms with Crippen molar-refractivity contribution in [3.05, 3.63) is 70.9 Å². The molecule has 3 aromatic rings. The van der Waals surface area contributed by atoms with Crippen LogP contribution in [0.3, 0.4) is 0 Å². The third kappa shape index (κ3) is 3.01. The Morgan fingerprint density at radius 2 is 2.12 bits per heavy atom. The standard InChI is InChI=1S/C22H24N2O2/c1-2-14-11-17-12-15(22(25)26)7-8-19(17)21(14)23-10-9-16-13-24-20-6-4-3-5-18(16)20/h3-8,12-14,21,23-24H,2,9-11H2,1H3,(H,25,26). The summed E-state index contributed by atoms with van der Waals surface area (Å²) in [5.74, 6) is -0.325. The molecule has 4 heteroatoms. The number of carboxylic acids is 1. The Morgan fingerprint density at radius 1 is 1.27 bits per heavy atom. The maximum absolute atomic E-state index is 11.2. The number of H-pyrrole nitrogens is 1. The van der Waals surface area contributed by atoms with Crippen molar-refractivity contribution in [3.8, 4) is 0 Å². The number of hydrogen-bond donors (Lipinski definition) is 3. The maximum Gasteiger partial charge on any atom is 0.335 e. The van der Waals surface area contributed by atoms with Crippen LogP contribution < -0.4 is 5.32 Å². The van der Waals surface area contributed by atoms with Gasteiger partial charge in [-0.2, -0.15) is 0 Å². The Bertz CT molecular complexity index is 944. The highest BCUT2D eigenvalue weighted by Gasteiger charge is 2.31. The van der Waals surface area contributed by atoms with E-state index in [1.54, 1.807) is 6.07 Å². The Kier molecular flexibility index (Phi) is 4.51. The first kappa shape index (κ1) is 16.9. The number of aromatic carboxylic acids is 1. The first-order valence-electron chi connectivity index (χ1n) is 9.32. The molecule has 1 heterocycles. The van der Waals surface area contributed by atoms with E-state index in [1.807, 2.05) is 18.2 Å². The summed E-state index contributed by atoms with van der Waals surface area (Å²) in [7, 11) is 0.